The largest absolute Gasteiger partial charge is 0.322 e. The maximum absolute atomic E-state index is 6.07. The van der Waals surface area contributed by atoms with Gasteiger partial charge in [-0.2, -0.15) is 0 Å². The van der Waals surface area contributed by atoms with Gasteiger partial charge in [-0.15, -0.1) is 0 Å². The molecule has 0 saturated heterocycles. The summed E-state index contributed by atoms with van der Waals surface area (Å²) in [5, 5.41) is 1.49. The average Bonchev–Trinajstić information content (AvgIpc) is 2.11. The van der Waals surface area contributed by atoms with Gasteiger partial charge in [0.05, 0.1) is 10.0 Å². The highest BCUT2D eigenvalue weighted by Gasteiger charge is 2.23. The molecule has 1 atom stereocenters. The number of hydrogen-bond donors (Lipinski definition) is 1. The third-order valence-electron chi connectivity index (χ3n) is 2.34. The molecular weight excluding hydrogens is 240 g/mol. The van der Waals surface area contributed by atoms with Gasteiger partial charge in [0.25, 0.3) is 0 Å². The van der Waals surface area contributed by atoms with Crippen LogP contribution in [0.15, 0.2) is 12.1 Å². The first-order valence-electron chi connectivity index (χ1n) is 4.32. The number of halogens is 3. The van der Waals surface area contributed by atoms with Crippen LogP contribution in [-0.4, -0.2) is 0 Å². The predicted octanol–water partition coefficient (Wildman–Crippen LogP) is 4.23. The van der Waals surface area contributed by atoms with E-state index in [0.29, 0.717) is 15.1 Å². The van der Waals surface area contributed by atoms with Crippen molar-refractivity contribution < 1.29 is 0 Å². The Bertz CT molecular complexity index is 347. The molecule has 1 unspecified atom stereocenters. The van der Waals surface area contributed by atoms with E-state index in [4.69, 9.17) is 40.5 Å². The minimum atomic E-state index is -0.494. The highest BCUT2D eigenvalue weighted by Crippen LogP contribution is 2.36. The monoisotopic (exact) mass is 251 g/mol. The highest BCUT2D eigenvalue weighted by molar-refractivity contribution is 6.43. The van der Waals surface area contributed by atoms with Crippen molar-refractivity contribution in [1.82, 2.24) is 0 Å². The molecule has 0 fully saturated rings. The van der Waals surface area contributed by atoms with Crippen LogP contribution in [-0.2, 0) is 5.54 Å². The normalized spacial score (nSPS) is 15.3. The minimum absolute atomic E-state index is 0.444. The predicted molar refractivity (Wildman–Crippen MR) is 63.3 cm³/mol. The lowest BCUT2D eigenvalue weighted by molar-refractivity contribution is 0.477. The van der Waals surface area contributed by atoms with Gasteiger partial charge in [-0.3, -0.25) is 0 Å². The van der Waals surface area contributed by atoms with Crippen LogP contribution in [0.4, 0.5) is 0 Å². The lowest BCUT2D eigenvalue weighted by atomic mass is 9.90. The van der Waals surface area contributed by atoms with E-state index in [0.717, 1.165) is 12.0 Å². The van der Waals surface area contributed by atoms with Crippen molar-refractivity contribution in [3.63, 3.8) is 0 Å². The lowest BCUT2D eigenvalue weighted by Crippen LogP contribution is -2.32. The first-order valence-corrected chi connectivity index (χ1v) is 5.45. The third-order valence-corrected chi connectivity index (χ3v) is 3.36. The first kappa shape index (κ1) is 12.1. The molecule has 0 amide bonds. The van der Waals surface area contributed by atoms with Gasteiger partial charge in [0.15, 0.2) is 0 Å². The van der Waals surface area contributed by atoms with Gasteiger partial charge in [0, 0.05) is 10.6 Å². The van der Waals surface area contributed by atoms with Crippen molar-refractivity contribution in [3.8, 4) is 0 Å². The summed E-state index contributed by atoms with van der Waals surface area (Å²) in [7, 11) is 0. The second-order valence-corrected chi connectivity index (χ2v) is 4.74. The average molecular weight is 253 g/mol. The molecule has 78 valence electrons. The molecule has 1 rings (SSSR count). The molecule has 0 heterocycles. The molecule has 1 aromatic rings. The van der Waals surface area contributed by atoms with Crippen LogP contribution in [0.1, 0.15) is 25.8 Å². The van der Waals surface area contributed by atoms with Crippen molar-refractivity contribution >= 4 is 34.8 Å². The van der Waals surface area contributed by atoms with Gasteiger partial charge >= 0.3 is 0 Å². The van der Waals surface area contributed by atoms with Crippen LogP contribution in [0.25, 0.3) is 0 Å². The summed E-state index contributed by atoms with van der Waals surface area (Å²) in [4.78, 5) is 0. The van der Waals surface area contributed by atoms with Crippen LogP contribution in [0.3, 0.4) is 0 Å². The van der Waals surface area contributed by atoms with Crippen molar-refractivity contribution in [2.45, 2.75) is 25.8 Å². The molecule has 0 spiro atoms. The molecule has 14 heavy (non-hydrogen) atoms. The van der Waals surface area contributed by atoms with Crippen LogP contribution >= 0.6 is 34.8 Å². The zero-order valence-electron chi connectivity index (χ0n) is 8.07. The molecule has 0 aliphatic heterocycles. The Morgan fingerprint density at radius 3 is 2.36 bits per heavy atom. The Labute approximate surface area is 99.1 Å². The summed E-state index contributed by atoms with van der Waals surface area (Å²) < 4.78 is 0. The second-order valence-electron chi connectivity index (χ2n) is 3.52. The molecule has 0 aliphatic rings. The topological polar surface area (TPSA) is 26.0 Å². The molecular formula is C10H12Cl3N. The fraction of sp³-hybridized carbons (Fsp3) is 0.400. The fourth-order valence-electron chi connectivity index (χ4n) is 1.16. The molecule has 1 nitrogen and oxygen atoms in total. The Morgan fingerprint density at radius 1 is 1.29 bits per heavy atom. The number of rotatable bonds is 2. The standard InChI is InChI=1S/C10H12Cl3N/c1-3-10(2,14)7-4-6(11)5-8(12)9(7)13/h4-5H,3,14H2,1-2H3. The zero-order valence-corrected chi connectivity index (χ0v) is 10.3. The number of hydrogen-bond acceptors (Lipinski definition) is 1. The van der Waals surface area contributed by atoms with E-state index < -0.39 is 5.54 Å². The van der Waals surface area contributed by atoms with E-state index in [1.54, 1.807) is 12.1 Å². The number of nitrogens with two attached hydrogens (primary N) is 1. The van der Waals surface area contributed by atoms with Crippen LogP contribution < -0.4 is 5.73 Å². The van der Waals surface area contributed by atoms with Crippen molar-refractivity contribution in [2.24, 2.45) is 5.73 Å². The van der Waals surface area contributed by atoms with Crippen LogP contribution in [0.5, 0.6) is 0 Å². The van der Waals surface area contributed by atoms with Gasteiger partial charge < -0.3 is 5.73 Å². The molecule has 2 N–H and O–H groups in total. The molecule has 0 radical (unpaired) electrons. The van der Waals surface area contributed by atoms with Crippen molar-refractivity contribution in [3.05, 3.63) is 32.8 Å². The van der Waals surface area contributed by atoms with Crippen molar-refractivity contribution in [1.29, 1.82) is 0 Å². The van der Waals surface area contributed by atoms with E-state index in [9.17, 15) is 0 Å². The quantitative estimate of drug-likeness (QED) is 0.783. The Hall–Kier alpha value is 0.0500. The SMILES string of the molecule is CCC(C)(N)c1cc(Cl)cc(Cl)c1Cl. The maximum Gasteiger partial charge on any atom is 0.0643 e. The van der Waals surface area contributed by atoms with E-state index in [-0.39, 0.29) is 0 Å². The van der Waals surface area contributed by atoms with E-state index in [1.807, 2.05) is 13.8 Å². The summed E-state index contributed by atoms with van der Waals surface area (Å²) in [5.74, 6) is 0. The van der Waals surface area contributed by atoms with Gasteiger partial charge in [-0.25, -0.2) is 0 Å². The molecule has 4 heteroatoms. The smallest absolute Gasteiger partial charge is 0.0643 e. The summed E-state index contributed by atoms with van der Waals surface area (Å²) in [6.45, 7) is 3.89. The molecule has 0 saturated carbocycles. The Kier molecular flexibility index (Phi) is 3.70. The van der Waals surface area contributed by atoms with Gasteiger partial charge in [0.2, 0.25) is 0 Å². The lowest BCUT2D eigenvalue weighted by Gasteiger charge is -2.25. The van der Waals surface area contributed by atoms with E-state index in [2.05, 4.69) is 0 Å². The summed E-state index contributed by atoms with van der Waals surface area (Å²) in [5.41, 5.74) is 6.37. The molecule has 0 aliphatic carbocycles. The fourth-order valence-corrected chi connectivity index (χ4v) is 1.98. The minimum Gasteiger partial charge on any atom is -0.322 e. The highest BCUT2D eigenvalue weighted by atomic mass is 35.5. The molecule has 0 bridgehead atoms. The van der Waals surface area contributed by atoms with Crippen LogP contribution in [0.2, 0.25) is 15.1 Å². The number of benzene rings is 1. The summed E-state index contributed by atoms with van der Waals surface area (Å²) >= 11 is 17.9. The zero-order chi connectivity index (χ0) is 10.9. The Morgan fingerprint density at radius 2 is 1.86 bits per heavy atom. The third kappa shape index (κ3) is 2.34. The molecule has 1 aromatic carbocycles. The maximum atomic E-state index is 6.07. The summed E-state index contributed by atoms with van der Waals surface area (Å²) in [6, 6.07) is 3.37. The van der Waals surface area contributed by atoms with Gasteiger partial charge in [0.1, 0.15) is 0 Å². The van der Waals surface area contributed by atoms with Crippen molar-refractivity contribution in [2.75, 3.05) is 0 Å². The first-order chi connectivity index (χ1) is 6.38. The van der Waals surface area contributed by atoms with Gasteiger partial charge in [-0.1, -0.05) is 41.7 Å². The van der Waals surface area contributed by atoms with E-state index in [1.165, 1.54) is 0 Å². The molecule has 0 aromatic heterocycles. The Balaban J connectivity index is 3.34. The second kappa shape index (κ2) is 4.28. The van der Waals surface area contributed by atoms with Crippen LogP contribution in [0, 0.1) is 0 Å². The van der Waals surface area contributed by atoms with Gasteiger partial charge in [-0.05, 0) is 31.0 Å². The summed E-state index contributed by atoms with van der Waals surface area (Å²) in [6.07, 6.45) is 0.767. The van der Waals surface area contributed by atoms with E-state index >= 15 is 0 Å².